The fourth-order valence-corrected chi connectivity index (χ4v) is 4.69. The van der Waals surface area contributed by atoms with Crippen molar-refractivity contribution >= 4 is 5.78 Å². The predicted octanol–water partition coefficient (Wildman–Crippen LogP) is 3.65. The number of rotatable bonds is 7. The minimum atomic E-state index is -0.498. The molecular formula is C22H28O6. The minimum absolute atomic E-state index is 0.0313. The van der Waals surface area contributed by atoms with Crippen LogP contribution >= 0.6 is 0 Å². The lowest BCUT2D eigenvalue weighted by Crippen LogP contribution is -2.39. The number of carbonyl (C=O) groups excluding carboxylic acids is 1. The summed E-state index contributed by atoms with van der Waals surface area (Å²) in [6.07, 6.45) is 4.03. The second kappa shape index (κ2) is 7.87. The molecule has 28 heavy (non-hydrogen) atoms. The molecule has 152 valence electrons. The Morgan fingerprint density at radius 1 is 1.18 bits per heavy atom. The molecule has 0 bridgehead atoms. The number of hydrogen-bond acceptors (Lipinski definition) is 6. The van der Waals surface area contributed by atoms with Crippen LogP contribution < -0.4 is 14.2 Å². The molecule has 0 saturated carbocycles. The number of ether oxygens (including phenoxy) is 5. The lowest BCUT2D eigenvalue weighted by atomic mass is 9.63. The normalized spacial score (nSPS) is 28.8. The van der Waals surface area contributed by atoms with Crippen molar-refractivity contribution in [2.24, 2.45) is 5.41 Å². The van der Waals surface area contributed by atoms with Gasteiger partial charge in [0.15, 0.2) is 17.3 Å². The summed E-state index contributed by atoms with van der Waals surface area (Å²) in [6, 6.07) is 3.91. The number of methoxy groups -OCH3 is 4. The Balaban J connectivity index is 2.18. The highest BCUT2D eigenvalue weighted by atomic mass is 16.5. The van der Waals surface area contributed by atoms with Gasteiger partial charge in [-0.3, -0.25) is 4.79 Å². The van der Waals surface area contributed by atoms with Crippen molar-refractivity contribution in [2.45, 2.75) is 37.9 Å². The Kier molecular flexibility index (Phi) is 5.70. The molecule has 1 aliphatic carbocycles. The summed E-state index contributed by atoms with van der Waals surface area (Å²) in [7, 11) is 6.34. The molecule has 0 N–H and O–H groups in total. The molecular weight excluding hydrogens is 360 g/mol. The van der Waals surface area contributed by atoms with Crippen LogP contribution in [-0.2, 0) is 14.3 Å². The lowest BCUT2D eigenvalue weighted by Gasteiger charge is -2.38. The van der Waals surface area contributed by atoms with Crippen LogP contribution in [0.25, 0.3) is 0 Å². The summed E-state index contributed by atoms with van der Waals surface area (Å²) in [5.74, 6) is 2.33. The lowest BCUT2D eigenvalue weighted by molar-refractivity contribution is -0.127. The average Bonchev–Trinajstić information content (AvgIpc) is 2.96. The molecule has 0 amide bonds. The third-order valence-corrected chi connectivity index (χ3v) is 5.85. The third kappa shape index (κ3) is 3.05. The molecule has 0 radical (unpaired) electrons. The standard InChI is InChI=1S/C22H28O6/c1-7-8-22-12-18(26-5)15(23)11-19(22)28-13(2)20(22)14-9-16(24-3)21(27-6)17(10-14)25-4/h7,9-11,13,18,20H,1,8,12H2,2-6H3. The second-order valence-electron chi connectivity index (χ2n) is 7.25. The van der Waals surface area contributed by atoms with Crippen LogP contribution in [0.4, 0.5) is 0 Å². The van der Waals surface area contributed by atoms with Crippen LogP contribution in [0, 0.1) is 5.41 Å². The van der Waals surface area contributed by atoms with Crippen LogP contribution in [0.15, 0.2) is 36.6 Å². The summed E-state index contributed by atoms with van der Waals surface area (Å²) in [6.45, 7) is 5.97. The molecule has 0 aromatic heterocycles. The smallest absolute Gasteiger partial charge is 0.203 e. The zero-order valence-electron chi connectivity index (χ0n) is 17.1. The molecule has 6 nitrogen and oxygen atoms in total. The van der Waals surface area contributed by atoms with Crippen molar-refractivity contribution in [3.63, 3.8) is 0 Å². The van der Waals surface area contributed by atoms with Crippen molar-refractivity contribution in [3.05, 3.63) is 42.2 Å². The maximum absolute atomic E-state index is 12.4. The number of fused-ring (bicyclic) bond motifs is 1. The van der Waals surface area contributed by atoms with Gasteiger partial charge >= 0.3 is 0 Å². The average molecular weight is 388 g/mol. The van der Waals surface area contributed by atoms with Crippen molar-refractivity contribution in [2.75, 3.05) is 28.4 Å². The highest BCUT2D eigenvalue weighted by Crippen LogP contribution is 2.59. The summed E-state index contributed by atoms with van der Waals surface area (Å²) in [4.78, 5) is 12.4. The monoisotopic (exact) mass is 388 g/mol. The van der Waals surface area contributed by atoms with Gasteiger partial charge < -0.3 is 23.7 Å². The summed E-state index contributed by atoms with van der Waals surface area (Å²) in [5, 5.41) is 0. The van der Waals surface area contributed by atoms with Gasteiger partial charge in [0.05, 0.1) is 21.3 Å². The van der Waals surface area contributed by atoms with Crippen molar-refractivity contribution in [3.8, 4) is 17.2 Å². The van der Waals surface area contributed by atoms with E-state index >= 15 is 0 Å². The van der Waals surface area contributed by atoms with Gasteiger partial charge in [0.25, 0.3) is 0 Å². The summed E-state index contributed by atoms with van der Waals surface area (Å²) in [5.41, 5.74) is 0.580. The van der Waals surface area contributed by atoms with Crippen molar-refractivity contribution in [1.29, 1.82) is 0 Å². The number of benzene rings is 1. The van der Waals surface area contributed by atoms with E-state index in [0.29, 0.717) is 35.8 Å². The number of ketones is 1. The Bertz CT molecular complexity index is 773. The first kappa shape index (κ1) is 20.3. The third-order valence-electron chi connectivity index (χ3n) is 5.85. The van der Waals surface area contributed by atoms with Crippen LogP contribution in [-0.4, -0.2) is 46.4 Å². The quantitative estimate of drug-likeness (QED) is 0.665. The molecule has 6 heteroatoms. The van der Waals surface area contributed by atoms with E-state index in [2.05, 4.69) is 6.58 Å². The van der Waals surface area contributed by atoms with E-state index < -0.39 is 11.5 Å². The second-order valence-corrected chi connectivity index (χ2v) is 7.25. The van der Waals surface area contributed by atoms with Crippen molar-refractivity contribution < 1.29 is 28.5 Å². The summed E-state index contributed by atoms with van der Waals surface area (Å²) >= 11 is 0. The zero-order valence-corrected chi connectivity index (χ0v) is 17.1. The van der Waals surface area contributed by atoms with Crippen molar-refractivity contribution in [1.82, 2.24) is 0 Å². The molecule has 1 aromatic rings. The van der Waals surface area contributed by atoms with Crippen LogP contribution in [0.3, 0.4) is 0 Å². The number of allylic oxidation sites excluding steroid dienone is 2. The van der Waals surface area contributed by atoms with E-state index in [9.17, 15) is 4.79 Å². The fraction of sp³-hybridized carbons (Fsp3) is 0.500. The fourth-order valence-electron chi connectivity index (χ4n) is 4.69. The largest absolute Gasteiger partial charge is 0.494 e. The van der Waals surface area contributed by atoms with E-state index in [0.717, 1.165) is 5.56 Å². The zero-order chi connectivity index (χ0) is 20.5. The Morgan fingerprint density at radius 3 is 2.32 bits per heavy atom. The molecule has 1 aromatic carbocycles. The number of carbonyl (C=O) groups is 1. The van der Waals surface area contributed by atoms with E-state index in [1.807, 2.05) is 25.1 Å². The highest BCUT2D eigenvalue weighted by Gasteiger charge is 2.56. The molecule has 4 atom stereocenters. The number of hydrogen-bond donors (Lipinski definition) is 0. The van der Waals surface area contributed by atoms with Gasteiger partial charge in [-0.2, -0.15) is 0 Å². The minimum Gasteiger partial charge on any atom is -0.494 e. The predicted molar refractivity (Wildman–Crippen MR) is 105 cm³/mol. The van der Waals surface area contributed by atoms with E-state index in [1.165, 1.54) is 0 Å². The molecule has 0 spiro atoms. The first-order chi connectivity index (χ1) is 13.4. The SMILES string of the molecule is C=CCC12CC(OC)C(=O)C=C1OC(C)C2c1cc(OC)c(OC)c(OC)c1. The molecule has 1 saturated heterocycles. The molecule has 4 unspecified atom stereocenters. The maximum atomic E-state index is 12.4. The van der Waals surface area contributed by atoms with Crippen LogP contribution in [0.5, 0.6) is 17.2 Å². The van der Waals surface area contributed by atoms with Gasteiger partial charge in [-0.05, 0) is 37.5 Å². The molecule has 1 heterocycles. The van der Waals surface area contributed by atoms with E-state index in [-0.39, 0.29) is 17.8 Å². The van der Waals surface area contributed by atoms with Gasteiger partial charge in [0.2, 0.25) is 5.75 Å². The van der Waals surface area contributed by atoms with Crippen LogP contribution in [0.1, 0.15) is 31.2 Å². The molecule has 2 aliphatic rings. The maximum Gasteiger partial charge on any atom is 0.203 e. The van der Waals surface area contributed by atoms with Crippen LogP contribution in [0.2, 0.25) is 0 Å². The van der Waals surface area contributed by atoms with Gasteiger partial charge in [0, 0.05) is 24.5 Å². The first-order valence-corrected chi connectivity index (χ1v) is 9.32. The topological polar surface area (TPSA) is 63.2 Å². The first-order valence-electron chi connectivity index (χ1n) is 9.32. The van der Waals surface area contributed by atoms with E-state index in [4.69, 9.17) is 23.7 Å². The molecule has 1 aliphatic heterocycles. The van der Waals surface area contributed by atoms with E-state index in [1.54, 1.807) is 34.5 Å². The Hall–Kier alpha value is -2.47. The van der Waals surface area contributed by atoms with Gasteiger partial charge in [-0.1, -0.05) is 6.08 Å². The Labute approximate surface area is 166 Å². The molecule has 1 fully saturated rings. The summed E-state index contributed by atoms with van der Waals surface area (Å²) < 4.78 is 28.2. The Morgan fingerprint density at radius 2 is 1.82 bits per heavy atom. The highest BCUT2D eigenvalue weighted by molar-refractivity contribution is 5.95. The molecule has 3 rings (SSSR count). The van der Waals surface area contributed by atoms with Gasteiger partial charge in [-0.25, -0.2) is 0 Å². The van der Waals surface area contributed by atoms with Gasteiger partial charge in [-0.15, -0.1) is 6.58 Å². The van der Waals surface area contributed by atoms with Gasteiger partial charge in [0.1, 0.15) is 18.0 Å².